The van der Waals surface area contributed by atoms with Gasteiger partial charge in [0.1, 0.15) is 11.8 Å². The molecule has 0 aliphatic carbocycles. The molecule has 0 aliphatic rings. The maximum atomic E-state index is 12.3. The molecule has 0 fully saturated rings. The molecule has 2 rings (SSSR count). The highest BCUT2D eigenvalue weighted by Gasteiger charge is 2.14. The zero-order valence-corrected chi connectivity index (χ0v) is 16.2. The highest BCUT2D eigenvalue weighted by Crippen LogP contribution is 2.18. The van der Waals surface area contributed by atoms with E-state index in [1.807, 2.05) is 48.5 Å². The molecule has 142 valence electrons. The summed E-state index contributed by atoms with van der Waals surface area (Å²) in [6.07, 6.45) is 3.09. The molecule has 0 heterocycles. The van der Waals surface area contributed by atoms with Gasteiger partial charge in [-0.3, -0.25) is 9.59 Å². The Morgan fingerprint density at radius 2 is 1.74 bits per heavy atom. The molecular formula is C22H26N2O3. The fourth-order valence-electron chi connectivity index (χ4n) is 2.44. The Balaban J connectivity index is 1.90. The van der Waals surface area contributed by atoms with E-state index in [4.69, 9.17) is 4.74 Å². The summed E-state index contributed by atoms with van der Waals surface area (Å²) in [7, 11) is 1.60. The monoisotopic (exact) mass is 366 g/mol. The van der Waals surface area contributed by atoms with Crippen LogP contribution in [0.4, 0.5) is 5.69 Å². The van der Waals surface area contributed by atoms with Gasteiger partial charge >= 0.3 is 0 Å². The highest BCUT2D eigenvalue weighted by molar-refractivity contribution is 5.99. The molecule has 0 saturated carbocycles. The van der Waals surface area contributed by atoms with Crippen molar-refractivity contribution in [2.24, 2.45) is 0 Å². The summed E-state index contributed by atoms with van der Waals surface area (Å²) in [4.78, 5) is 24.4. The van der Waals surface area contributed by atoms with Gasteiger partial charge in [-0.25, -0.2) is 0 Å². The Hall–Kier alpha value is -3.08. The Morgan fingerprint density at radius 3 is 2.37 bits per heavy atom. The normalized spacial score (nSPS) is 12.0. The van der Waals surface area contributed by atoms with Crippen LogP contribution >= 0.6 is 0 Å². The SMILES string of the molecule is COc1ccc(/C=C/C(=O)NC(C)C(=O)Nc2cccc(C(C)C)c2)cc1. The van der Waals surface area contributed by atoms with Gasteiger partial charge in [-0.05, 0) is 54.3 Å². The molecule has 1 unspecified atom stereocenters. The predicted molar refractivity (Wildman–Crippen MR) is 109 cm³/mol. The van der Waals surface area contributed by atoms with E-state index in [9.17, 15) is 9.59 Å². The molecule has 0 radical (unpaired) electrons. The van der Waals surface area contributed by atoms with Gasteiger partial charge < -0.3 is 15.4 Å². The third-order valence-electron chi connectivity index (χ3n) is 4.12. The van der Waals surface area contributed by atoms with Crippen LogP contribution in [0.5, 0.6) is 5.75 Å². The molecule has 0 aromatic heterocycles. The summed E-state index contributed by atoms with van der Waals surface area (Å²) < 4.78 is 5.10. The van der Waals surface area contributed by atoms with E-state index in [1.165, 1.54) is 6.08 Å². The number of carbonyl (C=O) groups is 2. The Bertz CT molecular complexity index is 811. The average Bonchev–Trinajstić information content (AvgIpc) is 2.66. The fourth-order valence-corrected chi connectivity index (χ4v) is 2.44. The third-order valence-corrected chi connectivity index (χ3v) is 4.12. The lowest BCUT2D eigenvalue weighted by atomic mass is 10.0. The van der Waals surface area contributed by atoms with Crippen LogP contribution in [0, 0.1) is 0 Å². The maximum Gasteiger partial charge on any atom is 0.246 e. The number of methoxy groups -OCH3 is 1. The lowest BCUT2D eigenvalue weighted by Crippen LogP contribution is -2.40. The first-order valence-corrected chi connectivity index (χ1v) is 8.92. The van der Waals surface area contributed by atoms with Gasteiger partial charge in [0, 0.05) is 11.8 Å². The second-order valence-electron chi connectivity index (χ2n) is 6.61. The van der Waals surface area contributed by atoms with Crippen LogP contribution in [0.2, 0.25) is 0 Å². The molecule has 5 heteroatoms. The van der Waals surface area contributed by atoms with Gasteiger partial charge in [0.15, 0.2) is 0 Å². The van der Waals surface area contributed by atoms with Crippen LogP contribution in [0.1, 0.15) is 37.8 Å². The van der Waals surface area contributed by atoms with Crippen molar-refractivity contribution in [3.05, 3.63) is 65.7 Å². The number of amides is 2. The molecule has 27 heavy (non-hydrogen) atoms. The topological polar surface area (TPSA) is 67.4 Å². The lowest BCUT2D eigenvalue weighted by Gasteiger charge is -2.14. The number of rotatable bonds is 7. The van der Waals surface area contributed by atoms with Gasteiger partial charge in [-0.2, -0.15) is 0 Å². The summed E-state index contributed by atoms with van der Waals surface area (Å²) in [6, 6.07) is 14.4. The van der Waals surface area contributed by atoms with Crippen molar-refractivity contribution >= 4 is 23.6 Å². The standard InChI is InChI=1S/C22H26N2O3/c1-15(2)18-6-5-7-19(14-18)24-22(26)16(3)23-21(25)13-10-17-8-11-20(27-4)12-9-17/h5-16H,1-4H3,(H,23,25)(H,24,26)/b13-10+. The van der Waals surface area contributed by atoms with Gasteiger partial charge in [0.2, 0.25) is 11.8 Å². The minimum Gasteiger partial charge on any atom is -0.497 e. The number of anilines is 1. The fraction of sp³-hybridized carbons (Fsp3) is 0.273. The third kappa shape index (κ3) is 6.29. The van der Waals surface area contributed by atoms with Crippen LogP contribution in [0.25, 0.3) is 6.08 Å². The summed E-state index contributed by atoms with van der Waals surface area (Å²) in [5, 5.41) is 5.50. The maximum absolute atomic E-state index is 12.3. The van der Waals surface area contributed by atoms with E-state index >= 15 is 0 Å². The van der Waals surface area contributed by atoms with E-state index < -0.39 is 6.04 Å². The Labute approximate surface area is 160 Å². The molecule has 2 amide bonds. The van der Waals surface area contributed by atoms with Crippen molar-refractivity contribution < 1.29 is 14.3 Å². The molecule has 0 bridgehead atoms. The van der Waals surface area contributed by atoms with Crippen LogP contribution in [0.15, 0.2) is 54.6 Å². The van der Waals surface area contributed by atoms with Crippen molar-refractivity contribution in [3.8, 4) is 5.75 Å². The van der Waals surface area contributed by atoms with Gasteiger partial charge in [0.25, 0.3) is 0 Å². The minimum atomic E-state index is -0.652. The van der Waals surface area contributed by atoms with Crippen LogP contribution in [-0.4, -0.2) is 25.0 Å². The first-order chi connectivity index (χ1) is 12.9. The minimum absolute atomic E-state index is 0.262. The molecule has 0 spiro atoms. The molecule has 0 saturated heterocycles. The zero-order chi connectivity index (χ0) is 19.8. The van der Waals surface area contributed by atoms with Crippen LogP contribution in [0.3, 0.4) is 0 Å². The van der Waals surface area contributed by atoms with E-state index in [0.29, 0.717) is 5.92 Å². The van der Waals surface area contributed by atoms with E-state index in [0.717, 1.165) is 22.6 Å². The van der Waals surface area contributed by atoms with E-state index in [2.05, 4.69) is 24.5 Å². The lowest BCUT2D eigenvalue weighted by molar-refractivity contribution is -0.123. The number of carbonyl (C=O) groups excluding carboxylic acids is 2. The number of hydrogen-bond donors (Lipinski definition) is 2. The van der Waals surface area contributed by atoms with Crippen LogP contribution in [-0.2, 0) is 9.59 Å². The van der Waals surface area contributed by atoms with Crippen molar-refractivity contribution in [1.82, 2.24) is 5.32 Å². The average molecular weight is 366 g/mol. The second-order valence-corrected chi connectivity index (χ2v) is 6.61. The van der Waals surface area contributed by atoms with Gasteiger partial charge in [-0.15, -0.1) is 0 Å². The summed E-state index contributed by atoms with van der Waals surface area (Å²) in [5.74, 6) is 0.539. The summed E-state index contributed by atoms with van der Waals surface area (Å²) in [6.45, 7) is 5.85. The summed E-state index contributed by atoms with van der Waals surface area (Å²) in [5.41, 5.74) is 2.74. The second kappa shape index (κ2) is 9.57. The molecule has 5 nitrogen and oxygen atoms in total. The number of hydrogen-bond acceptors (Lipinski definition) is 3. The van der Waals surface area contributed by atoms with E-state index in [-0.39, 0.29) is 11.8 Å². The van der Waals surface area contributed by atoms with Crippen molar-refractivity contribution in [3.63, 3.8) is 0 Å². The predicted octanol–water partition coefficient (Wildman–Crippen LogP) is 3.98. The first-order valence-electron chi connectivity index (χ1n) is 8.92. The molecule has 2 aromatic carbocycles. The number of benzene rings is 2. The molecule has 0 aliphatic heterocycles. The zero-order valence-electron chi connectivity index (χ0n) is 16.2. The quantitative estimate of drug-likeness (QED) is 0.729. The van der Waals surface area contributed by atoms with E-state index in [1.54, 1.807) is 20.1 Å². The first kappa shape index (κ1) is 20.2. The highest BCUT2D eigenvalue weighted by atomic mass is 16.5. The smallest absolute Gasteiger partial charge is 0.246 e. The molecule has 2 aromatic rings. The van der Waals surface area contributed by atoms with Crippen molar-refractivity contribution in [2.75, 3.05) is 12.4 Å². The van der Waals surface area contributed by atoms with Crippen molar-refractivity contribution in [1.29, 1.82) is 0 Å². The van der Waals surface area contributed by atoms with Gasteiger partial charge in [0.05, 0.1) is 7.11 Å². The Morgan fingerprint density at radius 1 is 1.04 bits per heavy atom. The molecule has 2 N–H and O–H groups in total. The largest absolute Gasteiger partial charge is 0.497 e. The summed E-state index contributed by atoms with van der Waals surface area (Å²) >= 11 is 0. The van der Waals surface area contributed by atoms with Crippen LogP contribution < -0.4 is 15.4 Å². The molecular weight excluding hydrogens is 340 g/mol. The van der Waals surface area contributed by atoms with Gasteiger partial charge in [-0.1, -0.05) is 38.1 Å². The number of ether oxygens (including phenoxy) is 1. The van der Waals surface area contributed by atoms with Crippen molar-refractivity contribution in [2.45, 2.75) is 32.7 Å². The number of nitrogens with one attached hydrogen (secondary N) is 2. The molecule has 1 atom stereocenters. The Kier molecular flexibility index (Phi) is 7.17.